The molecular formula is C31H32N4O4. The van der Waals surface area contributed by atoms with Crippen LogP contribution in [0.15, 0.2) is 66.7 Å². The van der Waals surface area contributed by atoms with Gasteiger partial charge in [-0.15, -0.1) is 0 Å². The second-order valence-electron chi connectivity index (χ2n) is 10.9. The molecular weight excluding hydrogens is 492 g/mol. The minimum absolute atomic E-state index is 0.0302. The van der Waals surface area contributed by atoms with E-state index in [0.29, 0.717) is 44.0 Å². The van der Waals surface area contributed by atoms with Crippen molar-refractivity contribution in [3.8, 4) is 5.75 Å². The summed E-state index contributed by atoms with van der Waals surface area (Å²) in [6.45, 7) is 6.35. The Morgan fingerprint density at radius 1 is 0.949 bits per heavy atom. The van der Waals surface area contributed by atoms with Gasteiger partial charge < -0.3 is 24.6 Å². The topological polar surface area (TPSA) is 74.4 Å². The number of benzene rings is 3. The number of carbonyl (C=O) groups excluding carboxylic acids is 2. The third kappa shape index (κ3) is 4.19. The van der Waals surface area contributed by atoms with Crippen molar-refractivity contribution in [2.45, 2.75) is 38.1 Å². The fourth-order valence-electron chi connectivity index (χ4n) is 6.40. The first-order valence-electron chi connectivity index (χ1n) is 13.7. The molecule has 3 aromatic carbocycles. The molecule has 3 aromatic rings. The standard InChI is InChI=1S/C31H32N4O4/c1-31-19-27(26-18-24(9-10-28(26)39-31)33-13-15-38-16-14-33)32-30(37)35(31)25-8-4-7-22(17-25)29(36)34-12-11-21-5-2-3-6-23(21)20-34/h2-10,17-18,27H,11-16,19-20H2,1H3,(H,32,37). The summed E-state index contributed by atoms with van der Waals surface area (Å²) in [4.78, 5) is 32.9. The summed E-state index contributed by atoms with van der Waals surface area (Å²) < 4.78 is 12.1. The van der Waals surface area contributed by atoms with E-state index < -0.39 is 5.72 Å². The number of nitrogens with zero attached hydrogens (tertiary/aromatic N) is 3. The van der Waals surface area contributed by atoms with Gasteiger partial charge in [-0.05, 0) is 60.9 Å². The second-order valence-corrected chi connectivity index (χ2v) is 10.9. The minimum atomic E-state index is -0.883. The van der Waals surface area contributed by atoms with Crippen molar-refractivity contribution >= 4 is 23.3 Å². The van der Waals surface area contributed by atoms with Crippen LogP contribution in [0.4, 0.5) is 16.2 Å². The molecule has 8 nitrogen and oxygen atoms in total. The Kier molecular flexibility index (Phi) is 5.74. The van der Waals surface area contributed by atoms with Gasteiger partial charge in [-0.1, -0.05) is 30.3 Å². The molecule has 4 aliphatic rings. The Morgan fingerprint density at radius 2 is 1.77 bits per heavy atom. The van der Waals surface area contributed by atoms with E-state index in [-0.39, 0.29) is 18.0 Å². The van der Waals surface area contributed by atoms with Crippen molar-refractivity contribution in [1.29, 1.82) is 0 Å². The maximum absolute atomic E-state index is 13.5. The highest BCUT2D eigenvalue weighted by atomic mass is 16.5. The van der Waals surface area contributed by atoms with E-state index in [9.17, 15) is 9.59 Å². The Labute approximate surface area is 228 Å². The summed E-state index contributed by atoms with van der Waals surface area (Å²) in [5, 5.41) is 3.20. The number of amides is 3. The SMILES string of the molecule is CC12CC(NC(=O)N1c1cccc(C(=O)N3CCc4ccccc4C3)c1)c1cc(N3CCOCC3)ccc1O2. The van der Waals surface area contributed by atoms with Gasteiger partial charge in [0.1, 0.15) is 5.75 Å². The zero-order chi connectivity index (χ0) is 26.6. The number of carbonyl (C=O) groups is 2. The van der Waals surface area contributed by atoms with Gasteiger partial charge in [0.25, 0.3) is 5.91 Å². The van der Waals surface area contributed by atoms with Gasteiger partial charge in [0.2, 0.25) is 0 Å². The molecule has 4 heterocycles. The molecule has 4 aliphatic heterocycles. The summed E-state index contributed by atoms with van der Waals surface area (Å²) in [6.07, 6.45) is 1.44. The molecule has 3 amide bonds. The van der Waals surface area contributed by atoms with Crippen molar-refractivity contribution in [3.63, 3.8) is 0 Å². The molecule has 0 spiro atoms. The molecule has 0 aromatic heterocycles. The average molecular weight is 525 g/mol. The predicted octanol–water partition coefficient (Wildman–Crippen LogP) is 4.49. The van der Waals surface area contributed by atoms with Crippen LogP contribution in [-0.2, 0) is 17.7 Å². The van der Waals surface area contributed by atoms with E-state index >= 15 is 0 Å². The number of hydrogen-bond acceptors (Lipinski definition) is 5. The van der Waals surface area contributed by atoms with Gasteiger partial charge in [-0.3, -0.25) is 9.69 Å². The molecule has 2 fully saturated rings. The average Bonchev–Trinajstić information content (AvgIpc) is 2.96. The number of ether oxygens (including phenoxy) is 2. The Hall–Kier alpha value is -4.04. The van der Waals surface area contributed by atoms with Crippen LogP contribution in [0, 0.1) is 0 Å². The molecule has 39 heavy (non-hydrogen) atoms. The molecule has 200 valence electrons. The third-order valence-electron chi connectivity index (χ3n) is 8.40. The summed E-state index contributed by atoms with van der Waals surface area (Å²) in [7, 11) is 0. The Morgan fingerprint density at radius 3 is 2.62 bits per heavy atom. The van der Waals surface area contributed by atoms with E-state index in [2.05, 4.69) is 34.5 Å². The lowest BCUT2D eigenvalue weighted by molar-refractivity contribution is 0.0378. The monoisotopic (exact) mass is 524 g/mol. The van der Waals surface area contributed by atoms with E-state index in [1.54, 1.807) is 4.90 Å². The molecule has 2 bridgehead atoms. The van der Waals surface area contributed by atoms with Crippen LogP contribution in [0.25, 0.3) is 0 Å². The third-order valence-corrected chi connectivity index (χ3v) is 8.40. The zero-order valence-electron chi connectivity index (χ0n) is 22.1. The number of morpholine rings is 1. The lowest BCUT2D eigenvalue weighted by atomic mass is 9.89. The zero-order valence-corrected chi connectivity index (χ0v) is 22.1. The van der Waals surface area contributed by atoms with Crippen LogP contribution in [0.3, 0.4) is 0 Å². The van der Waals surface area contributed by atoms with Crippen molar-refractivity contribution in [2.24, 2.45) is 0 Å². The normalized spacial score (nSPS) is 23.9. The van der Waals surface area contributed by atoms with Gasteiger partial charge in [0.15, 0.2) is 5.72 Å². The van der Waals surface area contributed by atoms with Gasteiger partial charge in [0, 0.05) is 49.4 Å². The van der Waals surface area contributed by atoms with E-state index in [1.807, 2.05) is 54.3 Å². The first kappa shape index (κ1) is 24.0. The van der Waals surface area contributed by atoms with Gasteiger partial charge in [-0.25, -0.2) is 4.79 Å². The highest BCUT2D eigenvalue weighted by Crippen LogP contribution is 2.46. The number of urea groups is 1. The molecule has 2 saturated heterocycles. The molecule has 2 atom stereocenters. The molecule has 1 N–H and O–H groups in total. The first-order chi connectivity index (χ1) is 19.0. The van der Waals surface area contributed by atoms with Gasteiger partial charge in [0.05, 0.1) is 24.9 Å². The summed E-state index contributed by atoms with van der Waals surface area (Å²) >= 11 is 0. The van der Waals surface area contributed by atoms with Crippen LogP contribution in [0.5, 0.6) is 5.75 Å². The van der Waals surface area contributed by atoms with Gasteiger partial charge >= 0.3 is 6.03 Å². The predicted molar refractivity (Wildman–Crippen MR) is 148 cm³/mol. The van der Waals surface area contributed by atoms with Crippen LogP contribution < -0.4 is 19.9 Å². The second kappa shape index (κ2) is 9.31. The molecule has 7 rings (SSSR count). The molecule has 0 saturated carbocycles. The van der Waals surface area contributed by atoms with Crippen LogP contribution >= 0.6 is 0 Å². The largest absolute Gasteiger partial charge is 0.467 e. The Bertz CT molecular complexity index is 1450. The quantitative estimate of drug-likeness (QED) is 0.547. The number of rotatable bonds is 3. The lowest BCUT2D eigenvalue weighted by Crippen LogP contribution is -2.65. The molecule has 8 heteroatoms. The van der Waals surface area contributed by atoms with Gasteiger partial charge in [-0.2, -0.15) is 0 Å². The summed E-state index contributed by atoms with van der Waals surface area (Å²) in [5.41, 5.74) is 4.93. The smallest absolute Gasteiger partial charge is 0.325 e. The van der Waals surface area contributed by atoms with Crippen LogP contribution in [0.2, 0.25) is 0 Å². The fourth-order valence-corrected chi connectivity index (χ4v) is 6.40. The highest BCUT2D eigenvalue weighted by Gasteiger charge is 2.50. The van der Waals surface area contributed by atoms with Crippen LogP contribution in [-0.4, -0.2) is 55.4 Å². The van der Waals surface area contributed by atoms with E-state index in [4.69, 9.17) is 9.47 Å². The minimum Gasteiger partial charge on any atom is -0.467 e. The van der Waals surface area contributed by atoms with E-state index in [1.165, 1.54) is 11.1 Å². The Balaban J connectivity index is 1.15. The molecule has 0 aliphatic carbocycles. The highest BCUT2D eigenvalue weighted by molar-refractivity contribution is 5.99. The first-order valence-corrected chi connectivity index (χ1v) is 13.7. The maximum Gasteiger partial charge on any atom is 0.325 e. The fraction of sp³-hybridized carbons (Fsp3) is 0.355. The molecule has 0 radical (unpaired) electrons. The van der Waals surface area contributed by atoms with Crippen LogP contribution in [0.1, 0.15) is 46.4 Å². The summed E-state index contributed by atoms with van der Waals surface area (Å²) in [5.74, 6) is 0.743. The number of hydrogen-bond donors (Lipinski definition) is 1. The number of nitrogens with one attached hydrogen (secondary N) is 1. The maximum atomic E-state index is 13.5. The van der Waals surface area contributed by atoms with Crippen molar-refractivity contribution < 1.29 is 19.1 Å². The number of fused-ring (bicyclic) bond motifs is 5. The molecule has 2 unspecified atom stereocenters. The summed E-state index contributed by atoms with van der Waals surface area (Å²) in [6, 6.07) is 21.5. The van der Waals surface area contributed by atoms with Crippen molar-refractivity contribution in [1.82, 2.24) is 10.2 Å². The number of anilines is 2. The lowest BCUT2D eigenvalue weighted by Gasteiger charge is -2.50. The van der Waals surface area contributed by atoms with E-state index in [0.717, 1.165) is 36.5 Å². The van der Waals surface area contributed by atoms with Crippen molar-refractivity contribution in [2.75, 3.05) is 42.6 Å². The van der Waals surface area contributed by atoms with Crippen molar-refractivity contribution in [3.05, 3.63) is 89.0 Å².